The maximum Gasteiger partial charge on any atom is 0.0991 e. The van der Waals surface area contributed by atoms with Crippen molar-refractivity contribution in [1.82, 2.24) is 0 Å². The molecule has 0 saturated carbocycles. The third-order valence-electron chi connectivity index (χ3n) is 3.47. The first-order valence-electron chi connectivity index (χ1n) is 6.13. The van der Waals surface area contributed by atoms with Gasteiger partial charge in [-0.05, 0) is 35.2 Å². The summed E-state index contributed by atoms with van der Waals surface area (Å²) in [5.74, 6) is 0.424. The van der Waals surface area contributed by atoms with Crippen LogP contribution in [-0.2, 0) is 6.42 Å². The van der Waals surface area contributed by atoms with Crippen LogP contribution in [0.4, 0.5) is 0 Å². The minimum Gasteiger partial charge on any atom is -0.192 e. The monoisotopic (exact) mass is 231 g/mol. The Morgan fingerprint density at radius 1 is 1.00 bits per heavy atom. The van der Waals surface area contributed by atoms with Gasteiger partial charge in [0.2, 0.25) is 0 Å². The zero-order chi connectivity index (χ0) is 12.4. The van der Waals surface area contributed by atoms with Crippen molar-refractivity contribution >= 4 is 6.08 Å². The Morgan fingerprint density at radius 2 is 1.78 bits per heavy atom. The molecule has 0 radical (unpaired) electrons. The number of fused-ring (bicyclic) bond motifs is 1. The van der Waals surface area contributed by atoms with Gasteiger partial charge in [0, 0.05) is 5.92 Å². The van der Waals surface area contributed by atoms with Crippen LogP contribution >= 0.6 is 0 Å². The van der Waals surface area contributed by atoms with Gasteiger partial charge in [0.15, 0.2) is 0 Å². The van der Waals surface area contributed by atoms with E-state index in [1.54, 1.807) is 0 Å². The molecule has 18 heavy (non-hydrogen) atoms. The molecule has 0 aliphatic heterocycles. The van der Waals surface area contributed by atoms with Crippen molar-refractivity contribution in [2.24, 2.45) is 0 Å². The molecule has 0 spiro atoms. The van der Waals surface area contributed by atoms with Crippen LogP contribution in [0.25, 0.3) is 6.08 Å². The van der Waals surface area contributed by atoms with Gasteiger partial charge in [0.25, 0.3) is 0 Å². The normalized spacial score (nSPS) is 16.9. The summed E-state index contributed by atoms with van der Waals surface area (Å²) in [7, 11) is 0. The lowest BCUT2D eigenvalue weighted by Gasteiger charge is -2.19. The van der Waals surface area contributed by atoms with Crippen LogP contribution in [0.15, 0.2) is 54.6 Å². The van der Waals surface area contributed by atoms with Crippen LogP contribution in [0.5, 0.6) is 0 Å². The topological polar surface area (TPSA) is 23.8 Å². The molecule has 1 heteroatoms. The molecule has 1 nitrogen and oxygen atoms in total. The van der Waals surface area contributed by atoms with E-state index in [2.05, 4.69) is 54.6 Å². The second-order valence-corrected chi connectivity index (χ2v) is 4.60. The summed E-state index contributed by atoms with van der Waals surface area (Å²) in [4.78, 5) is 0. The molecule has 0 aromatic heterocycles. The van der Waals surface area contributed by atoms with Crippen molar-refractivity contribution in [2.45, 2.75) is 12.3 Å². The molecule has 0 saturated heterocycles. The Bertz CT molecular complexity index is 629. The molecule has 1 aliphatic rings. The Morgan fingerprint density at radius 3 is 2.56 bits per heavy atom. The molecular formula is C17H13N. The molecule has 2 aromatic rings. The lowest BCUT2D eigenvalue weighted by Crippen LogP contribution is -2.05. The fraction of sp³-hybridized carbons (Fsp3) is 0.118. The lowest BCUT2D eigenvalue weighted by molar-refractivity contribution is 0.827. The van der Waals surface area contributed by atoms with Crippen molar-refractivity contribution in [3.05, 3.63) is 76.9 Å². The molecule has 0 bridgehead atoms. The summed E-state index contributed by atoms with van der Waals surface area (Å²) in [6.07, 6.45) is 5.49. The highest BCUT2D eigenvalue weighted by Gasteiger charge is 2.14. The minimum atomic E-state index is 0.424. The quantitative estimate of drug-likeness (QED) is 0.730. The van der Waals surface area contributed by atoms with Crippen LogP contribution < -0.4 is 0 Å². The molecular weight excluding hydrogens is 218 g/mol. The highest BCUT2D eigenvalue weighted by Crippen LogP contribution is 2.29. The third-order valence-corrected chi connectivity index (χ3v) is 3.47. The molecule has 0 amide bonds. The number of rotatable bonds is 1. The van der Waals surface area contributed by atoms with Gasteiger partial charge in [-0.1, -0.05) is 48.6 Å². The van der Waals surface area contributed by atoms with E-state index in [9.17, 15) is 0 Å². The Balaban J connectivity index is 1.90. The van der Waals surface area contributed by atoms with E-state index in [4.69, 9.17) is 5.26 Å². The Hall–Kier alpha value is -2.33. The van der Waals surface area contributed by atoms with E-state index in [1.165, 1.54) is 16.7 Å². The van der Waals surface area contributed by atoms with E-state index >= 15 is 0 Å². The van der Waals surface area contributed by atoms with E-state index in [0.717, 1.165) is 12.0 Å². The second kappa shape index (κ2) is 4.50. The largest absolute Gasteiger partial charge is 0.192 e. The maximum atomic E-state index is 8.81. The van der Waals surface area contributed by atoms with Gasteiger partial charge in [0.1, 0.15) is 0 Å². The van der Waals surface area contributed by atoms with Crippen molar-refractivity contribution in [3.8, 4) is 6.07 Å². The van der Waals surface area contributed by atoms with Gasteiger partial charge >= 0.3 is 0 Å². The molecule has 0 heterocycles. The van der Waals surface area contributed by atoms with Gasteiger partial charge < -0.3 is 0 Å². The average Bonchev–Trinajstić information content (AvgIpc) is 2.47. The summed E-state index contributed by atoms with van der Waals surface area (Å²) in [5, 5.41) is 8.81. The summed E-state index contributed by atoms with van der Waals surface area (Å²) < 4.78 is 0. The van der Waals surface area contributed by atoms with E-state index in [0.29, 0.717) is 5.92 Å². The summed E-state index contributed by atoms with van der Waals surface area (Å²) >= 11 is 0. The first kappa shape index (κ1) is 10.8. The molecule has 86 valence electrons. The zero-order valence-corrected chi connectivity index (χ0v) is 10.0. The molecule has 2 aromatic carbocycles. The fourth-order valence-corrected chi connectivity index (χ4v) is 2.44. The number of nitrogens with zero attached hydrogens (tertiary/aromatic N) is 1. The number of allylic oxidation sites excluding steroid dienone is 1. The predicted molar refractivity (Wildman–Crippen MR) is 73.1 cm³/mol. The van der Waals surface area contributed by atoms with Gasteiger partial charge in [-0.3, -0.25) is 0 Å². The molecule has 1 atom stereocenters. The standard InChI is InChI=1S/C17H13N/c18-12-13-5-7-15(8-6-13)17-10-9-14-3-1-2-4-16(14)11-17/h1-10,17H,11H2. The average molecular weight is 231 g/mol. The van der Waals surface area contributed by atoms with Gasteiger partial charge in [-0.15, -0.1) is 0 Å². The molecule has 1 aliphatic carbocycles. The summed E-state index contributed by atoms with van der Waals surface area (Å²) in [5.41, 5.74) is 4.72. The van der Waals surface area contributed by atoms with Crippen LogP contribution in [0, 0.1) is 11.3 Å². The van der Waals surface area contributed by atoms with Crippen molar-refractivity contribution in [2.75, 3.05) is 0 Å². The van der Waals surface area contributed by atoms with Crippen molar-refractivity contribution < 1.29 is 0 Å². The van der Waals surface area contributed by atoms with Crippen LogP contribution in [0.1, 0.15) is 28.2 Å². The first-order chi connectivity index (χ1) is 8.86. The molecule has 1 unspecified atom stereocenters. The SMILES string of the molecule is N#Cc1ccc(C2C=Cc3ccccc3C2)cc1. The van der Waals surface area contributed by atoms with E-state index in [-0.39, 0.29) is 0 Å². The Kier molecular flexibility index (Phi) is 2.70. The first-order valence-corrected chi connectivity index (χ1v) is 6.13. The number of nitriles is 1. The van der Waals surface area contributed by atoms with Crippen LogP contribution in [-0.4, -0.2) is 0 Å². The lowest BCUT2D eigenvalue weighted by atomic mass is 9.85. The number of benzene rings is 2. The van der Waals surface area contributed by atoms with Gasteiger partial charge in [0.05, 0.1) is 11.6 Å². The van der Waals surface area contributed by atoms with E-state index < -0.39 is 0 Å². The number of hydrogen-bond acceptors (Lipinski definition) is 1. The number of hydrogen-bond donors (Lipinski definition) is 0. The highest BCUT2D eigenvalue weighted by molar-refractivity contribution is 5.58. The smallest absolute Gasteiger partial charge is 0.0991 e. The third kappa shape index (κ3) is 1.94. The maximum absolute atomic E-state index is 8.81. The van der Waals surface area contributed by atoms with E-state index in [1.807, 2.05) is 12.1 Å². The molecule has 0 fully saturated rings. The fourth-order valence-electron chi connectivity index (χ4n) is 2.44. The van der Waals surface area contributed by atoms with Gasteiger partial charge in [-0.25, -0.2) is 0 Å². The van der Waals surface area contributed by atoms with Crippen molar-refractivity contribution in [1.29, 1.82) is 5.26 Å². The molecule has 3 rings (SSSR count). The van der Waals surface area contributed by atoms with Crippen LogP contribution in [0.3, 0.4) is 0 Å². The van der Waals surface area contributed by atoms with Gasteiger partial charge in [-0.2, -0.15) is 5.26 Å². The summed E-state index contributed by atoms with van der Waals surface area (Å²) in [6.45, 7) is 0. The highest BCUT2D eigenvalue weighted by atomic mass is 14.2. The zero-order valence-electron chi connectivity index (χ0n) is 10.0. The second-order valence-electron chi connectivity index (χ2n) is 4.60. The predicted octanol–water partition coefficient (Wildman–Crippen LogP) is 3.91. The minimum absolute atomic E-state index is 0.424. The van der Waals surface area contributed by atoms with Crippen LogP contribution in [0.2, 0.25) is 0 Å². The van der Waals surface area contributed by atoms with Crippen molar-refractivity contribution in [3.63, 3.8) is 0 Å². The molecule has 0 N–H and O–H groups in total. The summed E-state index contributed by atoms with van der Waals surface area (Å²) in [6, 6.07) is 18.6. The Labute approximate surface area is 107 Å².